The van der Waals surface area contributed by atoms with Crippen molar-refractivity contribution in [1.29, 1.82) is 0 Å². The zero-order valence-electron chi connectivity index (χ0n) is 13.4. The number of hydrogen-bond acceptors (Lipinski definition) is 2. The van der Waals surface area contributed by atoms with Crippen molar-refractivity contribution in [1.82, 2.24) is 4.90 Å². The Labute approximate surface area is 136 Å². The maximum Gasteiger partial charge on any atom is 0.230 e. The summed E-state index contributed by atoms with van der Waals surface area (Å²) in [7, 11) is 0. The Kier molecular flexibility index (Phi) is 6.29. The molecule has 0 radical (unpaired) electrons. The lowest BCUT2D eigenvalue weighted by Gasteiger charge is -2.26. The highest BCUT2D eigenvalue weighted by atomic mass is 19.1. The van der Waals surface area contributed by atoms with E-state index in [1.54, 1.807) is 17.0 Å². The number of nitrogens with two attached hydrogens (primary N) is 1. The second-order valence-electron chi connectivity index (χ2n) is 5.66. The Hall–Kier alpha value is -2.20. The summed E-state index contributed by atoms with van der Waals surface area (Å²) in [5.74, 6) is -0.709. The van der Waals surface area contributed by atoms with Gasteiger partial charge in [-0.15, -0.1) is 0 Å². The Balaban J connectivity index is 2.15. The number of benzene rings is 2. The highest BCUT2D eigenvalue weighted by Crippen LogP contribution is 2.20. The molecule has 0 aromatic heterocycles. The molecular formula is C19H23FN2O. The van der Waals surface area contributed by atoms with Gasteiger partial charge in [0.25, 0.3) is 0 Å². The van der Waals surface area contributed by atoms with Crippen molar-refractivity contribution in [3.05, 3.63) is 71.5 Å². The third-order valence-corrected chi connectivity index (χ3v) is 3.88. The average Bonchev–Trinajstić information content (AvgIpc) is 2.58. The van der Waals surface area contributed by atoms with Crippen LogP contribution < -0.4 is 5.73 Å². The molecule has 4 heteroatoms. The van der Waals surface area contributed by atoms with E-state index in [1.165, 1.54) is 12.1 Å². The first-order chi connectivity index (χ1) is 11.1. The van der Waals surface area contributed by atoms with Crippen LogP contribution in [0.2, 0.25) is 0 Å². The second kappa shape index (κ2) is 8.44. The first kappa shape index (κ1) is 17.2. The van der Waals surface area contributed by atoms with Gasteiger partial charge < -0.3 is 10.6 Å². The van der Waals surface area contributed by atoms with E-state index >= 15 is 0 Å². The quantitative estimate of drug-likeness (QED) is 0.852. The molecule has 0 bridgehead atoms. The summed E-state index contributed by atoms with van der Waals surface area (Å²) in [5.41, 5.74) is 7.36. The fraction of sp³-hybridized carbons (Fsp3) is 0.316. The molecule has 122 valence electrons. The summed E-state index contributed by atoms with van der Waals surface area (Å²) in [6.07, 6.45) is 0.744. The van der Waals surface area contributed by atoms with Crippen molar-refractivity contribution in [2.24, 2.45) is 5.73 Å². The molecule has 0 spiro atoms. The minimum absolute atomic E-state index is 0.00657. The van der Waals surface area contributed by atoms with Crippen LogP contribution in [-0.4, -0.2) is 23.9 Å². The van der Waals surface area contributed by atoms with Gasteiger partial charge >= 0.3 is 0 Å². The lowest BCUT2D eigenvalue weighted by molar-refractivity contribution is -0.133. The topological polar surface area (TPSA) is 46.3 Å². The first-order valence-corrected chi connectivity index (χ1v) is 7.90. The van der Waals surface area contributed by atoms with Crippen molar-refractivity contribution in [3.8, 4) is 0 Å². The number of nitrogens with zero attached hydrogens (tertiary/aromatic N) is 1. The summed E-state index contributed by atoms with van der Waals surface area (Å²) in [4.78, 5) is 14.6. The van der Waals surface area contributed by atoms with Gasteiger partial charge in [-0.05, 0) is 43.1 Å². The molecule has 0 saturated heterocycles. The molecule has 0 aliphatic heterocycles. The summed E-state index contributed by atoms with van der Waals surface area (Å²) in [6, 6.07) is 16.1. The zero-order valence-corrected chi connectivity index (χ0v) is 13.4. The minimum atomic E-state index is -0.382. The van der Waals surface area contributed by atoms with Gasteiger partial charge in [0.1, 0.15) is 5.82 Å². The molecule has 0 heterocycles. The highest BCUT2D eigenvalue weighted by Gasteiger charge is 2.22. The van der Waals surface area contributed by atoms with Gasteiger partial charge in [-0.25, -0.2) is 4.39 Å². The van der Waals surface area contributed by atoms with E-state index in [4.69, 9.17) is 5.73 Å². The Bertz CT molecular complexity index is 630. The van der Waals surface area contributed by atoms with Crippen LogP contribution in [0, 0.1) is 5.82 Å². The Morgan fingerprint density at radius 1 is 1.17 bits per heavy atom. The molecule has 0 aliphatic rings. The molecule has 1 atom stereocenters. The lowest BCUT2D eigenvalue weighted by atomic mass is 9.99. The van der Waals surface area contributed by atoms with Crippen LogP contribution in [0.3, 0.4) is 0 Å². The number of rotatable bonds is 7. The molecule has 1 amide bonds. The molecule has 0 fully saturated rings. The van der Waals surface area contributed by atoms with E-state index in [0.29, 0.717) is 25.2 Å². The summed E-state index contributed by atoms with van der Waals surface area (Å²) >= 11 is 0. The van der Waals surface area contributed by atoms with E-state index in [2.05, 4.69) is 0 Å². The Morgan fingerprint density at radius 3 is 2.57 bits per heavy atom. The third kappa shape index (κ3) is 4.89. The third-order valence-electron chi connectivity index (χ3n) is 3.88. The van der Waals surface area contributed by atoms with Crippen molar-refractivity contribution in [3.63, 3.8) is 0 Å². The van der Waals surface area contributed by atoms with Gasteiger partial charge in [-0.2, -0.15) is 0 Å². The lowest BCUT2D eigenvalue weighted by Crippen LogP contribution is -2.35. The van der Waals surface area contributed by atoms with Crippen molar-refractivity contribution in [2.75, 3.05) is 13.1 Å². The van der Waals surface area contributed by atoms with Crippen molar-refractivity contribution < 1.29 is 9.18 Å². The summed E-state index contributed by atoms with van der Waals surface area (Å²) in [6.45, 7) is 3.49. The number of carbonyl (C=O) groups excluding carboxylic acids is 1. The van der Waals surface area contributed by atoms with E-state index in [1.807, 2.05) is 37.3 Å². The molecule has 3 nitrogen and oxygen atoms in total. The summed E-state index contributed by atoms with van der Waals surface area (Å²) < 4.78 is 13.4. The van der Waals surface area contributed by atoms with E-state index in [-0.39, 0.29) is 17.6 Å². The number of carbonyl (C=O) groups is 1. The van der Waals surface area contributed by atoms with Crippen molar-refractivity contribution >= 4 is 5.91 Å². The fourth-order valence-corrected chi connectivity index (χ4v) is 2.55. The minimum Gasteiger partial charge on any atom is -0.338 e. The molecule has 0 saturated carbocycles. The molecule has 2 rings (SSSR count). The SMILES string of the molecule is CC(C(=O)N(CCCN)Cc1ccccc1)c1cccc(F)c1. The molecule has 23 heavy (non-hydrogen) atoms. The maximum atomic E-state index is 13.4. The van der Waals surface area contributed by atoms with E-state index < -0.39 is 0 Å². The second-order valence-corrected chi connectivity index (χ2v) is 5.66. The summed E-state index contributed by atoms with van der Waals surface area (Å²) in [5, 5.41) is 0. The van der Waals surface area contributed by atoms with Gasteiger partial charge in [-0.3, -0.25) is 4.79 Å². The maximum absolute atomic E-state index is 13.4. The molecular weight excluding hydrogens is 291 g/mol. The molecule has 0 aliphatic carbocycles. The Morgan fingerprint density at radius 2 is 1.91 bits per heavy atom. The van der Waals surface area contributed by atoms with Crippen LogP contribution in [0.25, 0.3) is 0 Å². The zero-order chi connectivity index (χ0) is 16.7. The molecule has 2 aromatic carbocycles. The fourth-order valence-electron chi connectivity index (χ4n) is 2.55. The van der Waals surface area contributed by atoms with Crippen molar-refractivity contribution in [2.45, 2.75) is 25.8 Å². The van der Waals surface area contributed by atoms with Gasteiger partial charge in [0.2, 0.25) is 5.91 Å². The van der Waals surface area contributed by atoms with Gasteiger partial charge in [0.15, 0.2) is 0 Å². The van der Waals surface area contributed by atoms with Gasteiger partial charge in [0, 0.05) is 13.1 Å². The largest absolute Gasteiger partial charge is 0.338 e. The standard InChI is InChI=1S/C19H23FN2O/c1-15(17-9-5-10-18(20)13-17)19(23)22(12-6-11-21)14-16-7-3-2-4-8-16/h2-5,7-10,13,15H,6,11-12,14,21H2,1H3. The van der Waals surface area contributed by atoms with Gasteiger partial charge in [0.05, 0.1) is 5.92 Å². The predicted octanol–water partition coefficient (Wildman–Crippen LogP) is 3.31. The van der Waals surface area contributed by atoms with Crippen LogP contribution in [0.15, 0.2) is 54.6 Å². The van der Waals surface area contributed by atoms with E-state index in [0.717, 1.165) is 12.0 Å². The van der Waals surface area contributed by atoms with Crippen LogP contribution >= 0.6 is 0 Å². The number of amides is 1. The molecule has 2 aromatic rings. The first-order valence-electron chi connectivity index (χ1n) is 7.90. The normalized spacial score (nSPS) is 12.0. The van der Waals surface area contributed by atoms with E-state index in [9.17, 15) is 9.18 Å². The molecule has 2 N–H and O–H groups in total. The smallest absolute Gasteiger partial charge is 0.230 e. The average molecular weight is 314 g/mol. The molecule has 1 unspecified atom stereocenters. The predicted molar refractivity (Wildman–Crippen MR) is 90.3 cm³/mol. The van der Waals surface area contributed by atoms with Crippen LogP contribution in [0.1, 0.15) is 30.4 Å². The van der Waals surface area contributed by atoms with Crippen LogP contribution in [0.4, 0.5) is 4.39 Å². The van der Waals surface area contributed by atoms with Crippen LogP contribution in [-0.2, 0) is 11.3 Å². The number of halogens is 1. The monoisotopic (exact) mass is 314 g/mol. The van der Waals surface area contributed by atoms with Crippen LogP contribution in [0.5, 0.6) is 0 Å². The highest BCUT2D eigenvalue weighted by molar-refractivity contribution is 5.83. The van der Waals surface area contributed by atoms with Gasteiger partial charge in [-0.1, -0.05) is 42.5 Å². The number of hydrogen-bond donors (Lipinski definition) is 1.